The number of nitrogens with one attached hydrogen (secondary N) is 1. The van der Waals surface area contributed by atoms with Crippen LogP contribution < -0.4 is 19.5 Å². The maximum Gasteiger partial charge on any atom is 0.246 e. The first-order valence-corrected chi connectivity index (χ1v) is 10.3. The van der Waals surface area contributed by atoms with Crippen molar-refractivity contribution in [3.8, 4) is 17.2 Å². The molecule has 10 nitrogen and oxygen atoms in total. The highest BCUT2D eigenvalue weighted by Gasteiger charge is 2.26. The summed E-state index contributed by atoms with van der Waals surface area (Å²) in [5, 5.41) is 6.51. The van der Waals surface area contributed by atoms with Crippen LogP contribution in [0.3, 0.4) is 0 Å². The molecule has 1 fully saturated rings. The second-order valence-corrected chi connectivity index (χ2v) is 7.34. The number of hydrogen-bond acceptors (Lipinski definition) is 8. The Morgan fingerprint density at radius 2 is 1.81 bits per heavy atom. The van der Waals surface area contributed by atoms with Gasteiger partial charge in [0.05, 0.1) is 27.9 Å². The molecule has 2 heterocycles. The summed E-state index contributed by atoms with van der Waals surface area (Å²) in [6.07, 6.45) is 4.41. The van der Waals surface area contributed by atoms with E-state index >= 15 is 0 Å². The Morgan fingerprint density at radius 1 is 1.16 bits per heavy atom. The Balaban J connectivity index is 1.53. The van der Waals surface area contributed by atoms with E-state index in [1.54, 1.807) is 44.3 Å². The van der Waals surface area contributed by atoms with Gasteiger partial charge in [0.25, 0.3) is 0 Å². The maximum absolute atomic E-state index is 12.6. The fraction of sp³-hybridized carbons (Fsp3) is 0.455. The molecule has 10 heteroatoms. The minimum atomic E-state index is -0.151. The minimum absolute atomic E-state index is 0.0686. The first-order valence-electron chi connectivity index (χ1n) is 10.3. The number of piperidine rings is 1. The van der Waals surface area contributed by atoms with E-state index in [1.165, 1.54) is 13.2 Å². The Morgan fingerprint density at radius 3 is 2.34 bits per heavy atom. The van der Waals surface area contributed by atoms with Gasteiger partial charge in [0.1, 0.15) is 0 Å². The van der Waals surface area contributed by atoms with E-state index in [2.05, 4.69) is 15.5 Å². The lowest BCUT2D eigenvalue weighted by Crippen LogP contribution is -2.42. The van der Waals surface area contributed by atoms with E-state index in [1.807, 2.05) is 0 Å². The summed E-state index contributed by atoms with van der Waals surface area (Å²) in [6, 6.07) is 3.54. The van der Waals surface area contributed by atoms with Gasteiger partial charge in [0.2, 0.25) is 23.5 Å². The molecule has 0 bridgehead atoms. The summed E-state index contributed by atoms with van der Waals surface area (Å²) in [5.74, 6) is 2.10. The van der Waals surface area contributed by atoms with Crippen molar-refractivity contribution in [2.75, 3.05) is 34.4 Å². The third-order valence-corrected chi connectivity index (χ3v) is 5.27. The van der Waals surface area contributed by atoms with Gasteiger partial charge >= 0.3 is 0 Å². The molecule has 0 aliphatic carbocycles. The van der Waals surface area contributed by atoms with Crippen LogP contribution >= 0.6 is 0 Å². The summed E-state index contributed by atoms with van der Waals surface area (Å²) >= 11 is 0. The van der Waals surface area contributed by atoms with E-state index < -0.39 is 0 Å². The minimum Gasteiger partial charge on any atom is -0.493 e. The van der Waals surface area contributed by atoms with Crippen LogP contribution in [0, 0.1) is 12.8 Å². The number of likely N-dealkylation sites (tertiary alicyclic amines) is 1. The molecule has 32 heavy (non-hydrogen) atoms. The SMILES string of the molecule is COc1cc(/C=C/C(=O)N2CCC(C(=O)NCc3nc(C)no3)CC2)cc(OC)c1OC. The highest BCUT2D eigenvalue weighted by molar-refractivity contribution is 5.92. The average Bonchev–Trinajstić information content (AvgIpc) is 3.25. The fourth-order valence-corrected chi connectivity index (χ4v) is 3.55. The Bertz CT molecular complexity index is 954. The smallest absolute Gasteiger partial charge is 0.246 e. The molecule has 2 aromatic rings. The molecular formula is C22H28N4O6. The van der Waals surface area contributed by atoms with Gasteiger partial charge in [0, 0.05) is 25.1 Å². The first kappa shape index (κ1) is 23.1. The van der Waals surface area contributed by atoms with E-state index in [4.69, 9.17) is 18.7 Å². The van der Waals surface area contributed by atoms with Gasteiger partial charge in [-0.3, -0.25) is 9.59 Å². The van der Waals surface area contributed by atoms with Crippen LogP contribution in [0.4, 0.5) is 0 Å². The van der Waals surface area contributed by atoms with Crippen LogP contribution in [-0.2, 0) is 16.1 Å². The summed E-state index contributed by atoms with van der Waals surface area (Å²) < 4.78 is 21.0. The number of amides is 2. The van der Waals surface area contributed by atoms with Crippen molar-refractivity contribution in [2.24, 2.45) is 5.92 Å². The van der Waals surface area contributed by atoms with E-state index in [0.717, 1.165) is 5.56 Å². The number of benzene rings is 1. The number of aryl methyl sites for hydroxylation is 1. The highest BCUT2D eigenvalue weighted by atomic mass is 16.5. The van der Waals surface area contributed by atoms with Crippen molar-refractivity contribution < 1.29 is 28.3 Å². The third-order valence-electron chi connectivity index (χ3n) is 5.27. The van der Waals surface area contributed by atoms with Crippen molar-refractivity contribution in [1.82, 2.24) is 20.4 Å². The topological polar surface area (TPSA) is 116 Å². The molecule has 0 radical (unpaired) electrons. The summed E-state index contributed by atoms with van der Waals surface area (Å²) in [4.78, 5) is 30.8. The van der Waals surface area contributed by atoms with Gasteiger partial charge in [-0.2, -0.15) is 4.98 Å². The molecule has 0 unspecified atom stereocenters. The number of rotatable bonds is 8. The molecule has 3 rings (SSSR count). The number of carbonyl (C=O) groups excluding carboxylic acids is 2. The van der Waals surface area contributed by atoms with Crippen molar-refractivity contribution >= 4 is 17.9 Å². The van der Waals surface area contributed by atoms with Crippen molar-refractivity contribution in [3.05, 3.63) is 35.5 Å². The van der Waals surface area contributed by atoms with Crippen LogP contribution in [0.5, 0.6) is 17.2 Å². The summed E-state index contributed by atoms with van der Waals surface area (Å²) in [7, 11) is 4.62. The molecule has 2 amide bonds. The zero-order chi connectivity index (χ0) is 23.1. The van der Waals surface area contributed by atoms with Gasteiger partial charge in [-0.1, -0.05) is 5.16 Å². The van der Waals surface area contributed by atoms with E-state index in [9.17, 15) is 9.59 Å². The molecule has 0 saturated carbocycles. The van der Waals surface area contributed by atoms with Gasteiger partial charge < -0.3 is 29.0 Å². The normalized spacial score (nSPS) is 14.4. The number of carbonyl (C=O) groups is 2. The molecule has 1 saturated heterocycles. The molecule has 1 aromatic heterocycles. The summed E-state index contributed by atoms with van der Waals surface area (Å²) in [5.41, 5.74) is 0.748. The highest BCUT2D eigenvalue weighted by Crippen LogP contribution is 2.38. The first-order chi connectivity index (χ1) is 15.4. The molecule has 1 aromatic carbocycles. The largest absolute Gasteiger partial charge is 0.493 e. The van der Waals surface area contributed by atoms with Gasteiger partial charge in [-0.25, -0.2) is 0 Å². The van der Waals surface area contributed by atoms with Gasteiger partial charge in [0.15, 0.2) is 17.3 Å². The van der Waals surface area contributed by atoms with Crippen LogP contribution in [0.25, 0.3) is 6.08 Å². The van der Waals surface area contributed by atoms with Crippen molar-refractivity contribution in [2.45, 2.75) is 26.3 Å². The monoisotopic (exact) mass is 444 g/mol. The zero-order valence-corrected chi connectivity index (χ0v) is 18.7. The number of aromatic nitrogens is 2. The van der Waals surface area contributed by atoms with Crippen LogP contribution in [-0.4, -0.2) is 61.3 Å². The third kappa shape index (κ3) is 5.57. The lowest BCUT2D eigenvalue weighted by atomic mass is 9.96. The number of methoxy groups -OCH3 is 3. The Hall–Kier alpha value is -3.56. The average molecular weight is 444 g/mol. The molecule has 1 aliphatic rings. The van der Waals surface area contributed by atoms with Crippen molar-refractivity contribution in [1.29, 1.82) is 0 Å². The molecule has 1 aliphatic heterocycles. The number of ether oxygens (including phenoxy) is 3. The van der Waals surface area contributed by atoms with Gasteiger partial charge in [-0.05, 0) is 43.5 Å². The molecular weight excluding hydrogens is 416 g/mol. The van der Waals surface area contributed by atoms with E-state index in [-0.39, 0.29) is 24.3 Å². The standard InChI is InChI=1S/C22H28N4O6/c1-14-24-19(32-25-14)13-23-22(28)16-7-9-26(10-8-16)20(27)6-5-15-11-17(29-2)21(31-4)18(12-15)30-3/h5-6,11-12,16H,7-10,13H2,1-4H3,(H,23,28)/b6-5+. The number of hydrogen-bond donors (Lipinski definition) is 1. The lowest BCUT2D eigenvalue weighted by Gasteiger charge is -2.30. The second kappa shape index (κ2) is 10.7. The van der Waals surface area contributed by atoms with Crippen LogP contribution in [0.2, 0.25) is 0 Å². The lowest BCUT2D eigenvalue weighted by molar-refractivity contribution is -0.132. The molecule has 0 atom stereocenters. The number of nitrogens with zero attached hydrogens (tertiary/aromatic N) is 3. The maximum atomic E-state index is 12.6. The second-order valence-electron chi connectivity index (χ2n) is 7.34. The zero-order valence-electron chi connectivity index (χ0n) is 18.7. The van der Waals surface area contributed by atoms with Crippen molar-refractivity contribution in [3.63, 3.8) is 0 Å². The Labute approximate surface area is 186 Å². The van der Waals surface area contributed by atoms with Gasteiger partial charge in [-0.15, -0.1) is 0 Å². The Kier molecular flexibility index (Phi) is 7.69. The quantitative estimate of drug-likeness (QED) is 0.615. The van der Waals surface area contributed by atoms with Crippen LogP contribution in [0.15, 0.2) is 22.7 Å². The van der Waals surface area contributed by atoms with Crippen LogP contribution in [0.1, 0.15) is 30.1 Å². The molecule has 0 spiro atoms. The summed E-state index contributed by atoms with van der Waals surface area (Å²) in [6.45, 7) is 2.94. The fourth-order valence-electron chi connectivity index (χ4n) is 3.55. The van der Waals surface area contributed by atoms with E-state index in [0.29, 0.717) is 54.9 Å². The predicted molar refractivity (Wildman–Crippen MR) is 115 cm³/mol. The molecule has 1 N–H and O–H groups in total. The predicted octanol–water partition coefficient (Wildman–Crippen LogP) is 1.97. The molecule has 172 valence electrons.